The molecule has 1 aliphatic heterocycles. The van der Waals surface area contributed by atoms with Gasteiger partial charge in [-0.1, -0.05) is 0 Å². The van der Waals surface area contributed by atoms with Crippen LogP contribution in [0.1, 0.15) is 28.9 Å². The van der Waals surface area contributed by atoms with Crippen molar-refractivity contribution in [3.63, 3.8) is 0 Å². The summed E-state index contributed by atoms with van der Waals surface area (Å²) in [5.41, 5.74) is 1.46. The van der Waals surface area contributed by atoms with Crippen molar-refractivity contribution in [1.29, 1.82) is 0 Å². The van der Waals surface area contributed by atoms with Crippen molar-refractivity contribution >= 4 is 5.91 Å². The minimum absolute atomic E-state index is 0.0576. The van der Waals surface area contributed by atoms with Crippen LogP contribution in [0.15, 0.2) is 6.20 Å². The van der Waals surface area contributed by atoms with E-state index in [-0.39, 0.29) is 17.9 Å². The fourth-order valence-corrected chi connectivity index (χ4v) is 3.38. The topological polar surface area (TPSA) is 58.4 Å². The van der Waals surface area contributed by atoms with Crippen LogP contribution in [-0.2, 0) is 7.05 Å². The van der Waals surface area contributed by atoms with Crippen molar-refractivity contribution in [2.45, 2.75) is 25.9 Å². The highest BCUT2D eigenvalue weighted by molar-refractivity contribution is 5.95. The molecule has 3 rings (SSSR count). The molecule has 2 fully saturated rings. The zero-order valence-corrected chi connectivity index (χ0v) is 10.8. The maximum Gasteiger partial charge on any atom is 0.257 e. The van der Waals surface area contributed by atoms with Gasteiger partial charge in [0.05, 0.1) is 17.4 Å². The second-order valence-electron chi connectivity index (χ2n) is 5.58. The van der Waals surface area contributed by atoms with Crippen LogP contribution in [0.3, 0.4) is 0 Å². The quantitative estimate of drug-likeness (QED) is 0.791. The van der Waals surface area contributed by atoms with E-state index in [0.717, 1.165) is 25.1 Å². The number of amides is 1. The molecule has 0 radical (unpaired) electrons. The third-order valence-corrected chi connectivity index (χ3v) is 4.35. The van der Waals surface area contributed by atoms with Gasteiger partial charge in [-0.2, -0.15) is 5.10 Å². The Morgan fingerprint density at radius 3 is 2.83 bits per heavy atom. The van der Waals surface area contributed by atoms with Gasteiger partial charge in [-0.15, -0.1) is 0 Å². The lowest BCUT2D eigenvalue weighted by Gasteiger charge is -2.17. The minimum Gasteiger partial charge on any atom is -0.393 e. The number of carbonyl (C=O) groups is 1. The van der Waals surface area contributed by atoms with Crippen molar-refractivity contribution in [3.05, 3.63) is 17.5 Å². The first-order chi connectivity index (χ1) is 8.56. The van der Waals surface area contributed by atoms with Crippen LogP contribution >= 0.6 is 0 Å². The Balaban J connectivity index is 1.77. The summed E-state index contributed by atoms with van der Waals surface area (Å²) in [4.78, 5) is 14.3. The van der Waals surface area contributed by atoms with Crippen molar-refractivity contribution in [2.75, 3.05) is 13.1 Å². The maximum absolute atomic E-state index is 12.4. The third kappa shape index (κ3) is 1.73. The summed E-state index contributed by atoms with van der Waals surface area (Å²) in [6.07, 6.45) is 3.50. The van der Waals surface area contributed by atoms with Gasteiger partial charge in [0.1, 0.15) is 0 Å². The van der Waals surface area contributed by atoms with Gasteiger partial charge in [0.15, 0.2) is 0 Å². The summed E-state index contributed by atoms with van der Waals surface area (Å²) in [7, 11) is 1.83. The molecule has 18 heavy (non-hydrogen) atoms. The molecule has 3 atom stereocenters. The van der Waals surface area contributed by atoms with Crippen LogP contribution in [0.5, 0.6) is 0 Å². The molecule has 1 saturated heterocycles. The molecule has 5 nitrogen and oxygen atoms in total. The summed E-state index contributed by atoms with van der Waals surface area (Å²) in [6, 6.07) is 0. The molecular weight excluding hydrogens is 230 g/mol. The number of aliphatic hydroxyl groups is 1. The van der Waals surface area contributed by atoms with Crippen molar-refractivity contribution in [1.82, 2.24) is 14.7 Å². The van der Waals surface area contributed by atoms with E-state index in [9.17, 15) is 9.90 Å². The summed E-state index contributed by atoms with van der Waals surface area (Å²) >= 11 is 0. The van der Waals surface area contributed by atoms with Crippen molar-refractivity contribution < 1.29 is 9.90 Å². The van der Waals surface area contributed by atoms with Crippen molar-refractivity contribution in [3.8, 4) is 0 Å². The van der Waals surface area contributed by atoms with Crippen molar-refractivity contribution in [2.24, 2.45) is 18.9 Å². The summed E-state index contributed by atoms with van der Waals surface area (Å²) in [5, 5.41) is 14.1. The standard InChI is InChI=1S/C13H19N3O2/c1-8-10(6-15(2)14-8)13(18)16-5-9-3-4-12(17)11(9)7-16/h6,9,11-12,17H,3-5,7H2,1-2H3. The lowest BCUT2D eigenvalue weighted by Crippen LogP contribution is -2.31. The molecule has 1 saturated carbocycles. The Morgan fingerprint density at radius 2 is 2.22 bits per heavy atom. The van der Waals surface area contributed by atoms with Gasteiger partial charge in [0, 0.05) is 32.3 Å². The number of carbonyl (C=O) groups excluding carboxylic acids is 1. The number of fused-ring (bicyclic) bond motifs is 1. The molecule has 3 unspecified atom stereocenters. The highest BCUT2D eigenvalue weighted by Crippen LogP contribution is 2.38. The van der Waals surface area contributed by atoms with E-state index in [2.05, 4.69) is 5.10 Å². The number of nitrogens with zero attached hydrogens (tertiary/aromatic N) is 3. The Bertz CT molecular complexity index is 483. The van der Waals surface area contributed by atoms with Crippen LogP contribution in [0, 0.1) is 18.8 Å². The first-order valence-electron chi connectivity index (χ1n) is 6.54. The predicted octanol–water partition coefficient (Wildman–Crippen LogP) is 0.571. The largest absolute Gasteiger partial charge is 0.393 e. The number of hydrogen-bond donors (Lipinski definition) is 1. The van der Waals surface area contributed by atoms with Gasteiger partial charge < -0.3 is 10.0 Å². The second-order valence-corrected chi connectivity index (χ2v) is 5.58. The molecule has 1 aliphatic carbocycles. The van der Waals surface area contributed by atoms with Gasteiger partial charge >= 0.3 is 0 Å². The van der Waals surface area contributed by atoms with Crippen LogP contribution in [0.25, 0.3) is 0 Å². The Kier molecular flexibility index (Phi) is 2.66. The highest BCUT2D eigenvalue weighted by Gasteiger charge is 2.43. The highest BCUT2D eigenvalue weighted by atomic mass is 16.3. The summed E-state index contributed by atoms with van der Waals surface area (Å²) in [6.45, 7) is 3.34. The minimum atomic E-state index is -0.220. The molecule has 98 valence electrons. The molecule has 0 spiro atoms. The number of aromatic nitrogens is 2. The number of aryl methyl sites for hydroxylation is 2. The smallest absolute Gasteiger partial charge is 0.257 e. The van der Waals surface area contributed by atoms with Gasteiger partial charge in [0.25, 0.3) is 5.91 Å². The molecule has 0 aromatic carbocycles. The monoisotopic (exact) mass is 249 g/mol. The zero-order valence-electron chi connectivity index (χ0n) is 10.8. The average molecular weight is 249 g/mol. The lowest BCUT2D eigenvalue weighted by molar-refractivity contribution is 0.0751. The van der Waals surface area contributed by atoms with Crippen LogP contribution < -0.4 is 0 Å². The Labute approximate surface area is 106 Å². The predicted molar refractivity (Wildman–Crippen MR) is 66.1 cm³/mol. The molecule has 1 aromatic heterocycles. The first kappa shape index (κ1) is 11.7. The first-order valence-corrected chi connectivity index (χ1v) is 6.54. The fraction of sp³-hybridized carbons (Fsp3) is 0.692. The van der Waals surface area contributed by atoms with E-state index in [1.54, 1.807) is 10.9 Å². The number of likely N-dealkylation sites (tertiary alicyclic amines) is 1. The average Bonchev–Trinajstić information content (AvgIpc) is 2.96. The normalized spacial score (nSPS) is 30.8. The summed E-state index contributed by atoms with van der Waals surface area (Å²) in [5.74, 6) is 0.828. The molecule has 1 N–H and O–H groups in total. The van der Waals surface area contributed by atoms with E-state index in [1.807, 2.05) is 18.9 Å². The summed E-state index contributed by atoms with van der Waals surface area (Å²) < 4.78 is 1.67. The molecule has 2 aliphatic rings. The van der Waals surface area contributed by atoms with Crippen LogP contribution in [0.4, 0.5) is 0 Å². The molecule has 0 bridgehead atoms. The van der Waals surface area contributed by atoms with Crippen LogP contribution in [0.2, 0.25) is 0 Å². The molecule has 1 aromatic rings. The van der Waals surface area contributed by atoms with Crippen LogP contribution in [-0.4, -0.2) is 44.9 Å². The zero-order chi connectivity index (χ0) is 12.9. The number of aliphatic hydroxyl groups excluding tert-OH is 1. The van der Waals surface area contributed by atoms with E-state index in [4.69, 9.17) is 0 Å². The Morgan fingerprint density at radius 1 is 1.44 bits per heavy atom. The molecular formula is C13H19N3O2. The van der Waals surface area contributed by atoms with Gasteiger partial charge in [-0.05, 0) is 25.7 Å². The van der Waals surface area contributed by atoms with E-state index in [0.29, 0.717) is 18.0 Å². The second kappa shape index (κ2) is 4.09. The SMILES string of the molecule is Cc1nn(C)cc1C(=O)N1CC2CCC(O)C2C1. The molecule has 2 heterocycles. The molecule has 1 amide bonds. The fourth-order valence-electron chi connectivity index (χ4n) is 3.38. The molecule has 5 heteroatoms. The third-order valence-electron chi connectivity index (χ3n) is 4.35. The van der Waals surface area contributed by atoms with E-state index in [1.165, 1.54) is 0 Å². The van der Waals surface area contributed by atoms with Gasteiger partial charge in [-0.3, -0.25) is 9.48 Å². The van der Waals surface area contributed by atoms with Gasteiger partial charge in [-0.25, -0.2) is 0 Å². The number of hydrogen-bond acceptors (Lipinski definition) is 3. The van der Waals surface area contributed by atoms with Gasteiger partial charge in [0.2, 0.25) is 0 Å². The number of rotatable bonds is 1. The maximum atomic E-state index is 12.4. The van der Waals surface area contributed by atoms with E-state index >= 15 is 0 Å². The Hall–Kier alpha value is -1.36. The van der Waals surface area contributed by atoms with E-state index < -0.39 is 0 Å². The lowest BCUT2D eigenvalue weighted by atomic mass is 10.00.